The molecule has 1 aliphatic rings. The van der Waals surface area contributed by atoms with Gasteiger partial charge in [0.05, 0.1) is 0 Å². The second-order valence-corrected chi connectivity index (χ2v) is 6.15. The highest BCUT2D eigenvalue weighted by Crippen LogP contribution is 2.12. The molecule has 0 atom stereocenters. The molecule has 0 aliphatic carbocycles. The van der Waals surface area contributed by atoms with Gasteiger partial charge in [-0.3, -0.25) is 14.8 Å². The normalized spacial score (nSPS) is 14.9. The fourth-order valence-electron chi connectivity index (χ4n) is 2.75. The van der Waals surface area contributed by atoms with E-state index in [0.717, 1.165) is 44.8 Å². The molecule has 0 bridgehead atoms. The van der Waals surface area contributed by atoms with Crippen LogP contribution in [0.25, 0.3) is 0 Å². The van der Waals surface area contributed by atoms with Crippen LogP contribution in [-0.4, -0.2) is 63.1 Å². The minimum absolute atomic E-state index is 0.150. The van der Waals surface area contributed by atoms with E-state index >= 15 is 0 Å². The molecule has 144 valence electrons. The SMILES string of the molecule is Fc1cccc(CN2CCN(Cc3cccnc3)CC2)c1.O=C(O)C(=O)O. The number of carboxylic acids is 2. The average Bonchev–Trinajstić information content (AvgIpc) is 2.65. The molecule has 1 saturated heterocycles. The monoisotopic (exact) mass is 375 g/mol. The second-order valence-electron chi connectivity index (χ2n) is 6.15. The molecule has 2 heterocycles. The maximum Gasteiger partial charge on any atom is 0.414 e. The summed E-state index contributed by atoms with van der Waals surface area (Å²) in [5, 5.41) is 14.8. The summed E-state index contributed by atoms with van der Waals surface area (Å²) < 4.78 is 13.2. The van der Waals surface area contributed by atoms with Crippen LogP contribution in [0.2, 0.25) is 0 Å². The smallest absolute Gasteiger partial charge is 0.414 e. The maximum absolute atomic E-state index is 13.2. The molecular weight excluding hydrogens is 353 g/mol. The van der Waals surface area contributed by atoms with Crippen molar-refractivity contribution in [3.8, 4) is 0 Å². The van der Waals surface area contributed by atoms with Crippen molar-refractivity contribution in [3.63, 3.8) is 0 Å². The third-order valence-corrected chi connectivity index (χ3v) is 4.07. The fraction of sp³-hybridized carbons (Fsp3) is 0.316. The molecule has 27 heavy (non-hydrogen) atoms. The predicted molar refractivity (Wildman–Crippen MR) is 96.5 cm³/mol. The van der Waals surface area contributed by atoms with Crippen LogP contribution < -0.4 is 0 Å². The molecule has 1 aromatic carbocycles. The summed E-state index contributed by atoms with van der Waals surface area (Å²) >= 11 is 0. The zero-order valence-electron chi connectivity index (χ0n) is 14.8. The summed E-state index contributed by atoms with van der Waals surface area (Å²) in [5.41, 5.74) is 2.31. The van der Waals surface area contributed by atoms with Crippen LogP contribution in [0.4, 0.5) is 4.39 Å². The summed E-state index contributed by atoms with van der Waals surface area (Å²) in [6, 6.07) is 11.0. The number of hydrogen-bond donors (Lipinski definition) is 2. The molecule has 1 fully saturated rings. The number of benzene rings is 1. The van der Waals surface area contributed by atoms with Crippen molar-refractivity contribution in [1.29, 1.82) is 0 Å². The molecular formula is C19H22FN3O4. The third-order valence-electron chi connectivity index (χ3n) is 4.07. The largest absolute Gasteiger partial charge is 0.473 e. The van der Waals surface area contributed by atoms with Crippen molar-refractivity contribution in [2.45, 2.75) is 13.1 Å². The minimum atomic E-state index is -1.82. The number of nitrogens with zero attached hydrogens (tertiary/aromatic N) is 3. The van der Waals surface area contributed by atoms with Gasteiger partial charge >= 0.3 is 11.9 Å². The molecule has 0 saturated carbocycles. The van der Waals surface area contributed by atoms with Gasteiger partial charge in [-0.2, -0.15) is 0 Å². The quantitative estimate of drug-likeness (QED) is 0.786. The standard InChI is InChI=1S/C17H20FN3.C2H2O4/c18-17-5-1-3-15(11-17)13-20-7-9-21(10-8-20)14-16-4-2-6-19-12-16;3-1(4)2(5)6/h1-6,11-12H,7-10,13-14H2;(H,3,4)(H,5,6). The Balaban J connectivity index is 0.000000380. The highest BCUT2D eigenvalue weighted by molar-refractivity contribution is 6.27. The summed E-state index contributed by atoms with van der Waals surface area (Å²) in [5.74, 6) is -3.80. The minimum Gasteiger partial charge on any atom is -0.473 e. The van der Waals surface area contributed by atoms with E-state index in [2.05, 4.69) is 20.9 Å². The van der Waals surface area contributed by atoms with Gasteiger partial charge in [0, 0.05) is 51.7 Å². The lowest BCUT2D eigenvalue weighted by atomic mass is 10.2. The van der Waals surface area contributed by atoms with Crippen LogP contribution in [0.3, 0.4) is 0 Å². The lowest BCUT2D eigenvalue weighted by Crippen LogP contribution is -2.45. The van der Waals surface area contributed by atoms with Gasteiger partial charge in [-0.05, 0) is 29.3 Å². The molecule has 7 nitrogen and oxygen atoms in total. The number of piperazine rings is 1. The maximum atomic E-state index is 13.2. The molecule has 0 spiro atoms. The molecule has 2 aromatic rings. The Bertz CT molecular complexity index is 738. The van der Waals surface area contributed by atoms with Gasteiger partial charge in [0.2, 0.25) is 0 Å². The van der Waals surface area contributed by atoms with Crippen LogP contribution >= 0.6 is 0 Å². The summed E-state index contributed by atoms with van der Waals surface area (Å²) in [7, 11) is 0. The number of rotatable bonds is 4. The molecule has 3 rings (SSSR count). The van der Waals surface area contributed by atoms with Crippen LogP contribution in [0.15, 0.2) is 48.8 Å². The van der Waals surface area contributed by atoms with Crippen LogP contribution in [-0.2, 0) is 22.7 Å². The van der Waals surface area contributed by atoms with E-state index in [1.165, 1.54) is 11.6 Å². The van der Waals surface area contributed by atoms with Gasteiger partial charge in [0.15, 0.2) is 0 Å². The Morgan fingerprint density at radius 1 is 0.926 bits per heavy atom. The van der Waals surface area contributed by atoms with Crippen LogP contribution in [0, 0.1) is 5.82 Å². The van der Waals surface area contributed by atoms with Crippen molar-refractivity contribution >= 4 is 11.9 Å². The zero-order chi connectivity index (χ0) is 19.6. The highest BCUT2D eigenvalue weighted by atomic mass is 19.1. The van der Waals surface area contributed by atoms with Gasteiger partial charge in [-0.25, -0.2) is 14.0 Å². The Labute approximate surface area is 156 Å². The molecule has 1 aliphatic heterocycles. The van der Waals surface area contributed by atoms with E-state index in [1.807, 2.05) is 18.3 Å². The Morgan fingerprint density at radius 2 is 1.48 bits per heavy atom. The summed E-state index contributed by atoms with van der Waals surface area (Å²) in [6.45, 7) is 5.93. The van der Waals surface area contributed by atoms with Gasteiger partial charge in [0.1, 0.15) is 5.82 Å². The molecule has 8 heteroatoms. The van der Waals surface area contributed by atoms with Gasteiger partial charge in [0.25, 0.3) is 0 Å². The first-order valence-corrected chi connectivity index (χ1v) is 8.48. The van der Waals surface area contributed by atoms with Crippen molar-refractivity contribution in [1.82, 2.24) is 14.8 Å². The van der Waals surface area contributed by atoms with Gasteiger partial charge in [-0.15, -0.1) is 0 Å². The number of carboxylic acid groups (broad SMARTS) is 2. The van der Waals surface area contributed by atoms with Gasteiger partial charge < -0.3 is 10.2 Å². The lowest BCUT2D eigenvalue weighted by molar-refractivity contribution is -0.159. The zero-order valence-corrected chi connectivity index (χ0v) is 14.8. The molecule has 1 aromatic heterocycles. The molecule has 0 amide bonds. The predicted octanol–water partition coefficient (Wildman–Crippen LogP) is 1.69. The number of pyridine rings is 1. The van der Waals surface area contributed by atoms with E-state index in [4.69, 9.17) is 19.8 Å². The van der Waals surface area contributed by atoms with Crippen LogP contribution in [0.5, 0.6) is 0 Å². The van der Waals surface area contributed by atoms with Crippen molar-refractivity contribution < 1.29 is 24.2 Å². The summed E-state index contributed by atoms with van der Waals surface area (Å²) in [6.07, 6.45) is 3.74. The second kappa shape index (κ2) is 10.3. The van der Waals surface area contributed by atoms with E-state index in [0.29, 0.717) is 0 Å². The average molecular weight is 375 g/mol. The van der Waals surface area contributed by atoms with Crippen molar-refractivity contribution in [2.75, 3.05) is 26.2 Å². The summed E-state index contributed by atoms with van der Waals surface area (Å²) in [4.78, 5) is 27.2. The first kappa shape index (κ1) is 20.5. The first-order valence-electron chi connectivity index (χ1n) is 8.48. The molecule has 2 N–H and O–H groups in total. The number of hydrogen-bond acceptors (Lipinski definition) is 5. The van der Waals surface area contributed by atoms with E-state index < -0.39 is 11.9 Å². The van der Waals surface area contributed by atoms with Gasteiger partial charge in [-0.1, -0.05) is 18.2 Å². The lowest BCUT2D eigenvalue weighted by Gasteiger charge is -2.34. The van der Waals surface area contributed by atoms with Crippen molar-refractivity contribution in [2.24, 2.45) is 0 Å². The van der Waals surface area contributed by atoms with E-state index in [-0.39, 0.29) is 5.82 Å². The van der Waals surface area contributed by atoms with Crippen molar-refractivity contribution in [3.05, 3.63) is 65.7 Å². The highest BCUT2D eigenvalue weighted by Gasteiger charge is 2.17. The van der Waals surface area contributed by atoms with Crippen LogP contribution in [0.1, 0.15) is 11.1 Å². The first-order chi connectivity index (χ1) is 12.9. The number of halogens is 1. The topological polar surface area (TPSA) is 94.0 Å². The Kier molecular flexibility index (Phi) is 7.84. The molecule has 0 radical (unpaired) electrons. The number of aromatic nitrogens is 1. The van der Waals surface area contributed by atoms with E-state index in [1.54, 1.807) is 18.3 Å². The fourth-order valence-corrected chi connectivity index (χ4v) is 2.75. The molecule has 0 unspecified atom stereocenters. The van der Waals surface area contributed by atoms with E-state index in [9.17, 15) is 4.39 Å². The third kappa shape index (κ3) is 7.51. The number of carbonyl (C=O) groups is 2. The number of aliphatic carboxylic acids is 2. The Morgan fingerprint density at radius 3 is 1.96 bits per heavy atom. The Hall–Kier alpha value is -2.84.